The van der Waals surface area contributed by atoms with E-state index in [2.05, 4.69) is 0 Å². The lowest BCUT2D eigenvalue weighted by Crippen LogP contribution is -2.22. The van der Waals surface area contributed by atoms with Gasteiger partial charge in [0.05, 0.1) is 0 Å². The van der Waals surface area contributed by atoms with Crippen molar-refractivity contribution < 1.29 is 9.60 Å². The second-order valence-corrected chi connectivity index (χ2v) is 1.39. The van der Waals surface area contributed by atoms with Gasteiger partial charge in [0, 0.05) is 13.2 Å². The fraction of sp³-hybridized carbons (Fsp3) is 0.250. The van der Waals surface area contributed by atoms with E-state index in [1.807, 2.05) is 0 Å². The largest absolute Gasteiger partial charge is 0.402 e. The summed E-state index contributed by atoms with van der Waals surface area (Å²) in [6.07, 6.45) is 0.606. The van der Waals surface area contributed by atoms with E-state index >= 15 is 0 Å². The molecule has 0 saturated heterocycles. The van der Waals surface area contributed by atoms with E-state index < -0.39 is 11.7 Å². The van der Waals surface area contributed by atoms with E-state index in [1.54, 1.807) is 0 Å². The molecule has 52 valence electrons. The SMILES string of the molecule is CN(O)C(=N)C(F)=CN. The Labute approximate surface area is 51.8 Å². The van der Waals surface area contributed by atoms with Crippen molar-refractivity contribution in [1.29, 1.82) is 5.41 Å². The predicted octanol–water partition coefficient (Wildman–Crippen LogP) is 0.0543. The maximum Gasteiger partial charge on any atom is 0.182 e. The minimum Gasteiger partial charge on any atom is -0.402 e. The second kappa shape index (κ2) is 3.03. The van der Waals surface area contributed by atoms with Crippen LogP contribution < -0.4 is 5.73 Å². The third-order valence-electron chi connectivity index (χ3n) is 0.696. The molecular weight excluding hydrogens is 125 g/mol. The van der Waals surface area contributed by atoms with Crippen LogP contribution in [-0.2, 0) is 0 Å². The van der Waals surface area contributed by atoms with Crippen LogP contribution in [0.4, 0.5) is 4.39 Å². The molecule has 0 bridgehead atoms. The van der Waals surface area contributed by atoms with E-state index in [0.29, 0.717) is 11.3 Å². The van der Waals surface area contributed by atoms with Gasteiger partial charge < -0.3 is 5.73 Å². The number of nitrogens with two attached hydrogens (primary N) is 1. The van der Waals surface area contributed by atoms with Crippen molar-refractivity contribution in [3.63, 3.8) is 0 Å². The Balaban J connectivity index is 4.06. The molecule has 4 nitrogen and oxygen atoms in total. The summed E-state index contributed by atoms with van der Waals surface area (Å²) in [6, 6.07) is 0. The molecule has 0 aliphatic carbocycles. The Morgan fingerprint density at radius 1 is 1.89 bits per heavy atom. The molecule has 0 aromatic heterocycles. The second-order valence-electron chi connectivity index (χ2n) is 1.39. The van der Waals surface area contributed by atoms with Gasteiger partial charge in [-0.2, -0.15) is 0 Å². The molecule has 4 N–H and O–H groups in total. The van der Waals surface area contributed by atoms with Crippen LogP contribution in [0.5, 0.6) is 0 Å². The first kappa shape index (κ1) is 7.90. The van der Waals surface area contributed by atoms with E-state index in [0.717, 1.165) is 7.05 Å². The van der Waals surface area contributed by atoms with Crippen molar-refractivity contribution in [3.05, 3.63) is 12.0 Å². The molecule has 0 heterocycles. The molecule has 0 aliphatic heterocycles. The number of nitrogens with zero attached hydrogens (tertiary/aromatic N) is 1. The third kappa shape index (κ3) is 2.09. The molecule has 0 unspecified atom stereocenters. The number of rotatable bonds is 1. The van der Waals surface area contributed by atoms with Crippen LogP contribution >= 0.6 is 0 Å². The molecule has 0 atom stereocenters. The highest BCUT2D eigenvalue weighted by atomic mass is 19.1. The number of likely N-dealkylation sites (N-methyl/N-ethyl adjacent to an activating group) is 1. The van der Waals surface area contributed by atoms with Crippen LogP contribution in [0.1, 0.15) is 0 Å². The Morgan fingerprint density at radius 2 is 2.33 bits per heavy atom. The first-order valence-corrected chi connectivity index (χ1v) is 2.18. The average Bonchev–Trinajstić information content (AvgIpc) is 1.84. The smallest absolute Gasteiger partial charge is 0.182 e. The molecule has 5 heteroatoms. The molecule has 0 aromatic rings. The van der Waals surface area contributed by atoms with Crippen molar-refractivity contribution in [3.8, 4) is 0 Å². The van der Waals surface area contributed by atoms with Crippen LogP contribution in [0, 0.1) is 5.41 Å². The molecule has 0 aliphatic rings. The zero-order valence-corrected chi connectivity index (χ0v) is 4.93. The van der Waals surface area contributed by atoms with Crippen LogP contribution in [0.15, 0.2) is 12.0 Å². The summed E-state index contributed by atoms with van der Waals surface area (Å²) in [5.74, 6) is -1.61. The Hall–Kier alpha value is -1.10. The topological polar surface area (TPSA) is 73.3 Å². The maximum absolute atomic E-state index is 12.1. The van der Waals surface area contributed by atoms with Crippen LogP contribution in [0.2, 0.25) is 0 Å². The van der Waals surface area contributed by atoms with Gasteiger partial charge in [0.2, 0.25) is 0 Å². The maximum atomic E-state index is 12.1. The van der Waals surface area contributed by atoms with Crippen LogP contribution in [0.3, 0.4) is 0 Å². The minimum atomic E-state index is -0.958. The van der Waals surface area contributed by atoms with Gasteiger partial charge in [0.25, 0.3) is 0 Å². The number of amidine groups is 1. The first-order valence-electron chi connectivity index (χ1n) is 2.18. The number of hydrogen-bond donors (Lipinski definition) is 3. The molecule has 0 saturated carbocycles. The molecule has 0 radical (unpaired) electrons. The number of hydrogen-bond acceptors (Lipinski definition) is 3. The summed E-state index contributed by atoms with van der Waals surface area (Å²) >= 11 is 0. The zero-order valence-electron chi connectivity index (χ0n) is 4.93. The van der Waals surface area contributed by atoms with E-state index in [9.17, 15) is 4.39 Å². The standard InChI is InChI=1S/C4H8FN3O/c1-8(9)4(7)3(5)2-6/h2,7,9H,6H2,1H3. The van der Waals surface area contributed by atoms with Crippen molar-refractivity contribution >= 4 is 5.84 Å². The van der Waals surface area contributed by atoms with Gasteiger partial charge in [-0.1, -0.05) is 0 Å². The summed E-state index contributed by atoms with van der Waals surface area (Å²) in [5.41, 5.74) is 4.70. The third-order valence-corrected chi connectivity index (χ3v) is 0.696. The Morgan fingerprint density at radius 3 is 2.44 bits per heavy atom. The fourth-order valence-electron chi connectivity index (χ4n) is 0.234. The molecule has 0 fully saturated rings. The fourth-order valence-corrected chi connectivity index (χ4v) is 0.234. The summed E-state index contributed by atoms with van der Waals surface area (Å²) in [6.45, 7) is 0. The molecule has 0 spiro atoms. The number of hydroxylamine groups is 2. The summed E-state index contributed by atoms with van der Waals surface area (Å²) < 4.78 is 12.1. The number of nitrogens with one attached hydrogen (secondary N) is 1. The lowest BCUT2D eigenvalue weighted by atomic mass is 10.5. The highest BCUT2D eigenvalue weighted by Crippen LogP contribution is 1.96. The Kier molecular flexibility index (Phi) is 2.66. The Bertz CT molecular complexity index is 143. The van der Waals surface area contributed by atoms with E-state index in [1.165, 1.54) is 0 Å². The summed E-state index contributed by atoms with van der Waals surface area (Å²) in [4.78, 5) is 0. The van der Waals surface area contributed by atoms with Gasteiger partial charge in [-0.05, 0) is 0 Å². The van der Waals surface area contributed by atoms with Crippen LogP contribution in [0.25, 0.3) is 0 Å². The lowest BCUT2D eigenvalue weighted by Gasteiger charge is -2.07. The minimum absolute atomic E-state index is 0.332. The van der Waals surface area contributed by atoms with Crippen molar-refractivity contribution in [2.75, 3.05) is 7.05 Å². The van der Waals surface area contributed by atoms with Gasteiger partial charge in [-0.3, -0.25) is 10.6 Å². The highest BCUT2D eigenvalue weighted by Gasteiger charge is 2.05. The summed E-state index contributed by atoms with van der Waals surface area (Å²) in [5, 5.41) is 15.4. The van der Waals surface area contributed by atoms with Gasteiger partial charge in [0.1, 0.15) is 0 Å². The van der Waals surface area contributed by atoms with Crippen molar-refractivity contribution in [2.24, 2.45) is 5.73 Å². The van der Waals surface area contributed by atoms with E-state index in [-0.39, 0.29) is 0 Å². The number of halogens is 1. The van der Waals surface area contributed by atoms with Crippen molar-refractivity contribution in [2.45, 2.75) is 0 Å². The van der Waals surface area contributed by atoms with Gasteiger partial charge >= 0.3 is 0 Å². The summed E-state index contributed by atoms with van der Waals surface area (Å²) in [7, 11) is 1.13. The lowest BCUT2D eigenvalue weighted by molar-refractivity contribution is 0.0117. The molecular formula is C4H8FN3O. The average molecular weight is 133 g/mol. The van der Waals surface area contributed by atoms with E-state index in [4.69, 9.17) is 16.4 Å². The monoisotopic (exact) mass is 133 g/mol. The normalized spacial score (nSPS) is 11.2. The quantitative estimate of drug-likeness (QED) is 0.269. The molecule has 9 heavy (non-hydrogen) atoms. The zero-order chi connectivity index (χ0) is 7.44. The molecule has 0 amide bonds. The molecule has 0 aromatic carbocycles. The highest BCUT2D eigenvalue weighted by molar-refractivity contribution is 5.92. The van der Waals surface area contributed by atoms with Gasteiger partial charge in [-0.25, -0.2) is 9.45 Å². The molecule has 0 rings (SSSR count). The van der Waals surface area contributed by atoms with Crippen molar-refractivity contribution in [1.82, 2.24) is 5.06 Å². The predicted molar refractivity (Wildman–Crippen MR) is 30.7 cm³/mol. The van der Waals surface area contributed by atoms with Gasteiger partial charge in [0.15, 0.2) is 11.7 Å². The van der Waals surface area contributed by atoms with Gasteiger partial charge in [-0.15, -0.1) is 0 Å². The first-order chi connectivity index (χ1) is 4.09. The van der Waals surface area contributed by atoms with Crippen LogP contribution in [-0.4, -0.2) is 23.2 Å².